The molecule has 0 aromatic heterocycles. The van der Waals surface area contributed by atoms with Crippen molar-refractivity contribution in [2.45, 2.75) is 19.6 Å². The average molecular weight is 313 g/mol. The molecule has 6 heteroatoms. The van der Waals surface area contributed by atoms with Crippen LogP contribution in [0.15, 0.2) is 42.1 Å². The second-order valence-corrected chi connectivity index (χ2v) is 5.55. The van der Waals surface area contributed by atoms with Gasteiger partial charge < -0.3 is 9.80 Å². The Morgan fingerprint density at radius 3 is 2.36 bits per heavy atom. The van der Waals surface area contributed by atoms with E-state index in [0.717, 1.165) is 19.6 Å². The van der Waals surface area contributed by atoms with E-state index in [4.69, 9.17) is 0 Å². The highest BCUT2D eigenvalue weighted by molar-refractivity contribution is 5.94. The summed E-state index contributed by atoms with van der Waals surface area (Å²) in [6, 6.07) is 10.1. The van der Waals surface area contributed by atoms with Crippen LogP contribution < -0.4 is 4.90 Å². The van der Waals surface area contributed by atoms with E-state index in [1.165, 1.54) is 10.5 Å². The minimum absolute atomic E-state index is 0.390. The summed E-state index contributed by atoms with van der Waals surface area (Å²) in [5.74, 6) is -1.79. The van der Waals surface area contributed by atoms with E-state index in [9.17, 15) is 18.0 Å². The fourth-order valence-corrected chi connectivity index (χ4v) is 2.60. The van der Waals surface area contributed by atoms with Crippen LogP contribution in [0.4, 0.5) is 13.2 Å². The molecular weight excluding hydrogens is 293 g/mol. The Hall–Kier alpha value is -1.82. The number of nitrogens with one attached hydrogen (secondary N) is 1. The lowest BCUT2D eigenvalue weighted by atomic mass is 10.2. The molecule has 1 aromatic rings. The van der Waals surface area contributed by atoms with Crippen LogP contribution in [0.1, 0.15) is 12.5 Å². The molecule has 0 aliphatic carbocycles. The van der Waals surface area contributed by atoms with Crippen molar-refractivity contribution in [1.82, 2.24) is 4.90 Å². The van der Waals surface area contributed by atoms with E-state index >= 15 is 0 Å². The van der Waals surface area contributed by atoms with Crippen molar-refractivity contribution in [2.75, 3.05) is 26.2 Å². The smallest absolute Gasteiger partial charge is 0.364 e. The molecule has 1 aliphatic heterocycles. The van der Waals surface area contributed by atoms with Crippen LogP contribution in [0, 0.1) is 0 Å². The summed E-state index contributed by atoms with van der Waals surface area (Å²) < 4.78 is 36.8. The van der Waals surface area contributed by atoms with Crippen molar-refractivity contribution >= 4 is 5.78 Å². The molecule has 0 spiro atoms. The number of hydrogen-bond donors (Lipinski definition) is 1. The highest BCUT2D eigenvalue weighted by Crippen LogP contribution is 2.18. The number of quaternary nitrogens is 1. The number of allylic oxidation sites excluding steroid dienone is 2. The van der Waals surface area contributed by atoms with Gasteiger partial charge in [0.2, 0.25) is 0 Å². The monoisotopic (exact) mass is 313 g/mol. The molecule has 2 rings (SSSR count). The summed E-state index contributed by atoms with van der Waals surface area (Å²) >= 11 is 0. The molecule has 0 saturated carbocycles. The first-order valence-electron chi connectivity index (χ1n) is 7.28. The van der Waals surface area contributed by atoms with Crippen LogP contribution in [0.2, 0.25) is 0 Å². The van der Waals surface area contributed by atoms with E-state index in [-0.39, 0.29) is 0 Å². The van der Waals surface area contributed by atoms with E-state index < -0.39 is 12.0 Å². The fraction of sp³-hybridized carbons (Fsp3) is 0.438. The molecule has 1 N–H and O–H groups in total. The molecule has 3 nitrogen and oxygen atoms in total. The van der Waals surface area contributed by atoms with Crippen LogP contribution in [-0.4, -0.2) is 43.0 Å². The van der Waals surface area contributed by atoms with Gasteiger partial charge in [-0.1, -0.05) is 30.3 Å². The van der Waals surface area contributed by atoms with Gasteiger partial charge in [0.15, 0.2) is 0 Å². The number of benzene rings is 1. The second-order valence-electron chi connectivity index (χ2n) is 5.55. The number of halogens is 3. The lowest BCUT2D eigenvalue weighted by molar-refractivity contribution is -0.917. The third-order valence-corrected chi connectivity index (χ3v) is 3.89. The normalized spacial score (nSPS) is 17.6. The van der Waals surface area contributed by atoms with Crippen molar-refractivity contribution in [2.24, 2.45) is 0 Å². The zero-order valence-corrected chi connectivity index (χ0v) is 12.5. The molecule has 1 aliphatic rings. The molecule has 0 radical (unpaired) electrons. The zero-order chi connectivity index (χ0) is 16.2. The van der Waals surface area contributed by atoms with Gasteiger partial charge in [0, 0.05) is 17.3 Å². The maximum atomic E-state index is 12.3. The van der Waals surface area contributed by atoms with E-state index in [1.807, 2.05) is 23.1 Å². The number of carbonyl (C=O) groups is 1. The molecular formula is C16H20F3N2O+. The van der Waals surface area contributed by atoms with Crippen molar-refractivity contribution in [3.63, 3.8) is 0 Å². The number of hydrogen-bond acceptors (Lipinski definition) is 2. The van der Waals surface area contributed by atoms with E-state index in [0.29, 0.717) is 24.9 Å². The van der Waals surface area contributed by atoms with Crippen LogP contribution in [-0.2, 0) is 11.3 Å². The van der Waals surface area contributed by atoms with Gasteiger partial charge in [0.1, 0.15) is 6.54 Å². The number of nitrogens with zero attached hydrogens (tertiary/aromatic N) is 1. The molecule has 0 bridgehead atoms. The molecule has 1 fully saturated rings. The third kappa shape index (κ3) is 4.59. The number of ketones is 1. The van der Waals surface area contributed by atoms with Gasteiger partial charge in [0.25, 0.3) is 5.78 Å². The summed E-state index contributed by atoms with van der Waals surface area (Å²) in [5, 5.41) is 0. The number of rotatable bonds is 4. The summed E-state index contributed by atoms with van der Waals surface area (Å²) in [6.07, 6.45) is -4.09. The lowest BCUT2D eigenvalue weighted by Crippen LogP contribution is -3.13. The Kier molecular flexibility index (Phi) is 5.24. The van der Waals surface area contributed by atoms with Crippen molar-refractivity contribution in [3.05, 3.63) is 47.7 Å². The Labute approximate surface area is 128 Å². The predicted molar refractivity (Wildman–Crippen MR) is 77.2 cm³/mol. The quantitative estimate of drug-likeness (QED) is 0.851. The van der Waals surface area contributed by atoms with Gasteiger partial charge in [-0.05, 0) is 6.92 Å². The zero-order valence-electron chi connectivity index (χ0n) is 12.5. The first-order chi connectivity index (χ1) is 10.4. The molecule has 22 heavy (non-hydrogen) atoms. The van der Waals surface area contributed by atoms with Gasteiger partial charge in [-0.3, -0.25) is 4.79 Å². The van der Waals surface area contributed by atoms with Crippen LogP contribution in [0.25, 0.3) is 0 Å². The standard InChI is InChI=1S/C16H19F3N2O/c1-13(11-15(22)16(17,18)19)21-9-7-20(8-10-21)12-14-5-3-2-4-6-14/h2-6,11H,7-10,12H2,1H3/p+1/b13-11-. The second kappa shape index (κ2) is 6.96. The Balaban J connectivity index is 1.86. The minimum Gasteiger partial charge on any atom is -0.364 e. The predicted octanol–water partition coefficient (Wildman–Crippen LogP) is 1.42. The molecule has 0 amide bonds. The molecule has 120 valence electrons. The van der Waals surface area contributed by atoms with Crippen LogP contribution >= 0.6 is 0 Å². The summed E-state index contributed by atoms with van der Waals surface area (Å²) in [7, 11) is 0. The first kappa shape index (κ1) is 16.5. The topological polar surface area (TPSA) is 24.8 Å². The molecule has 0 atom stereocenters. The first-order valence-corrected chi connectivity index (χ1v) is 7.28. The fourth-order valence-electron chi connectivity index (χ4n) is 2.60. The van der Waals surface area contributed by atoms with Gasteiger partial charge in [0.05, 0.1) is 26.2 Å². The minimum atomic E-state index is -4.79. The van der Waals surface area contributed by atoms with Gasteiger partial charge >= 0.3 is 6.18 Å². The van der Waals surface area contributed by atoms with Gasteiger partial charge in [-0.25, -0.2) is 0 Å². The average Bonchev–Trinajstić information content (AvgIpc) is 2.48. The molecule has 1 heterocycles. The number of alkyl halides is 3. The molecule has 1 saturated heterocycles. The number of carbonyl (C=O) groups excluding carboxylic acids is 1. The van der Waals surface area contributed by atoms with Gasteiger partial charge in [-0.2, -0.15) is 13.2 Å². The molecule has 0 unspecified atom stereocenters. The maximum Gasteiger partial charge on any atom is 0.454 e. The highest BCUT2D eigenvalue weighted by Gasteiger charge is 2.37. The van der Waals surface area contributed by atoms with Crippen LogP contribution in [0.5, 0.6) is 0 Å². The largest absolute Gasteiger partial charge is 0.454 e. The Morgan fingerprint density at radius 1 is 1.23 bits per heavy atom. The van der Waals surface area contributed by atoms with E-state index in [1.54, 1.807) is 6.92 Å². The number of piperazine rings is 1. The third-order valence-electron chi connectivity index (χ3n) is 3.89. The Bertz CT molecular complexity index is 532. The van der Waals surface area contributed by atoms with Crippen molar-refractivity contribution in [3.8, 4) is 0 Å². The van der Waals surface area contributed by atoms with Gasteiger partial charge in [-0.15, -0.1) is 0 Å². The lowest BCUT2D eigenvalue weighted by Gasteiger charge is -2.34. The SMILES string of the molecule is C/C(=C/C(=O)C(F)(F)F)N1CC[NH+](Cc2ccccc2)CC1. The molecule has 1 aromatic carbocycles. The van der Waals surface area contributed by atoms with E-state index in [2.05, 4.69) is 12.1 Å². The van der Waals surface area contributed by atoms with Crippen molar-refractivity contribution < 1.29 is 22.9 Å². The maximum absolute atomic E-state index is 12.3. The summed E-state index contributed by atoms with van der Waals surface area (Å²) in [6.45, 7) is 5.50. The summed E-state index contributed by atoms with van der Waals surface area (Å²) in [5.41, 5.74) is 1.64. The van der Waals surface area contributed by atoms with Crippen molar-refractivity contribution in [1.29, 1.82) is 0 Å². The summed E-state index contributed by atoms with van der Waals surface area (Å²) in [4.78, 5) is 14.2. The Morgan fingerprint density at radius 2 is 1.82 bits per heavy atom. The highest BCUT2D eigenvalue weighted by atomic mass is 19.4. The van der Waals surface area contributed by atoms with Crippen LogP contribution in [0.3, 0.4) is 0 Å².